The number of nitrogens with zero attached hydrogens (tertiary/aromatic N) is 3. The quantitative estimate of drug-likeness (QED) is 0.294. The molecule has 0 unspecified atom stereocenters. The molecule has 168 valence electrons. The number of fused-ring (bicyclic) bond motifs is 1. The molecular weight excluding hydrogens is 434 g/mol. The van der Waals surface area contributed by atoms with E-state index in [0.29, 0.717) is 17.8 Å². The summed E-state index contributed by atoms with van der Waals surface area (Å²) in [6, 6.07) is 16.7. The van der Waals surface area contributed by atoms with Gasteiger partial charge in [0.1, 0.15) is 17.2 Å². The van der Waals surface area contributed by atoms with E-state index in [2.05, 4.69) is 23.7 Å². The third-order valence-corrected chi connectivity index (χ3v) is 5.99. The molecule has 0 saturated heterocycles. The van der Waals surface area contributed by atoms with Crippen LogP contribution < -0.4 is 9.54 Å². The van der Waals surface area contributed by atoms with Crippen LogP contribution in [0.5, 0.6) is 17.2 Å². The Morgan fingerprint density at radius 1 is 1.03 bits per heavy atom. The Kier molecular flexibility index (Phi) is 6.33. The van der Waals surface area contributed by atoms with E-state index >= 15 is 0 Å². The Hall–Kier alpha value is -3.84. The first-order valence-electron chi connectivity index (χ1n) is 10.4. The van der Waals surface area contributed by atoms with Gasteiger partial charge in [0, 0.05) is 22.6 Å². The summed E-state index contributed by atoms with van der Waals surface area (Å²) >= 11 is 1.49. The van der Waals surface area contributed by atoms with Crippen molar-refractivity contribution in [3.05, 3.63) is 82.5 Å². The molecular formula is C26H25N3O3S. The highest BCUT2D eigenvalue weighted by atomic mass is 32.1. The van der Waals surface area contributed by atoms with Gasteiger partial charge in [0.2, 0.25) is 4.80 Å². The molecule has 0 aliphatic heterocycles. The van der Waals surface area contributed by atoms with Gasteiger partial charge in [-0.1, -0.05) is 30.4 Å². The van der Waals surface area contributed by atoms with Crippen molar-refractivity contribution in [1.29, 1.82) is 0 Å². The van der Waals surface area contributed by atoms with E-state index in [9.17, 15) is 10.2 Å². The van der Waals surface area contributed by atoms with Gasteiger partial charge in [0.05, 0.1) is 25.1 Å². The summed E-state index contributed by atoms with van der Waals surface area (Å²) in [4.78, 5) is 5.40. The zero-order chi connectivity index (χ0) is 23.5. The highest BCUT2D eigenvalue weighted by Crippen LogP contribution is 2.28. The van der Waals surface area contributed by atoms with E-state index in [-0.39, 0.29) is 11.5 Å². The molecule has 33 heavy (non-hydrogen) atoms. The van der Waals surface area contributed by atoms with Crippen molar-refractivity contribution in [2.75, 3.05) is 13.7 Å². The van der Waals surface area contributed by atoms with Crippen molar-refractivity contribution in [3.63, 3.8) is 0 Å². The fraction of sp³-hybridized carbons (Fsp3) is 0.154. The number of phenolic OH excluding ortho intramolecular Hbond substituents is 2. The number of thiazole rings is 1. The maximum Gasteiger partial charge on any atom is 0.206 e. The van der Waals surface area contributed by atoms with E-state index in [1.165, 1.54) is 23.5 Å². The van der Waals surface area contributed by atoms with Gasteiger partial charge in [-0.15, -0.1) is 11.3 Å². The van der Waals surface area contributed by atoms with Gasteiger partial charge in [-0.25, -0.2) is 4.68 Å². The van der Waals surface area contributed by atoms with Crippen LogP contribution in [0.4, 0.5) is 0 Å². The molecule has 1 aromatic heterocycles. The molecule has 7 heteroatoms. The second-order valence-electron chi connectivity index (χ2n) is 7.80. The summed E-state index contributed by atoms with van der Waals surface area (Å²) in [7, 11) is 1.66. The van der Waals surface area contributed by atoms with E-state index in [4.69, 9.17) is 9.84 Å². The standard InChI is InChI=1S/C26H25N3O3S/c1-16(2)14-27-26-29(28-17(3)23-10-8-21(30)13-25(23)31)24(15-33-26)20-6-5-19-12-22(32-4)9-7-18(19)11-20/h5-13,15,30-31H,1,14H2,2-4H3. The SMILES string of the molecule is C=C(C)CN=c1scc(-c2ccc3cc(OC)ccc3c2)n1N=C(C)c1ccc(O)cc1O. The van der Waals surface area contributed by atoms with Crippen molar-refractivity contribution in [1.82, 2.24) is 4.68 Å². The van der Waals surface area contributed by atoms with Crippen LogP contribution in [-0.4, -0.2) is 34.3 Å². The lowest BCUT2D eigenvalue weighted by Crippen LogP contribution is -2.15. The van der Waals surface area contributed by atoms with Crippen LogP contribution in [0.25, 0.3) is 22.0 Å². The summed E-state index contributed by atoms with van der Waals surface area (Å²) in [5, 5.41) is 28.9. The maximum atomic E-state index is 10.3. The van der Waals surface area contributed by atoms with Gasteiger partial charge in [0.15, 0.2) is 0 Å². The fourth-order valence-electron chi connectivity index (χ4n) is 3.45. The molecule has 0 spiro atoms. The van der Waals surface area contributed by atoms with Crippen molar-refractivity contribution in [2.24, 2.45) is 10.1 Å². The number of aromatic hydroxyl groups is 2. The number of benzene rings is 3. The molecule has 0 radical (unpaired) electrons. The van der Waals surface area contributed by atoms with Gasteiger partial charge in [-0.3, -0.25) is 4.99 Å². The van der Waals surface area contributed by atoms with Crippen LogP contribution >= 0.6 is 11.3 Å². The predicted octanol–water partition coefficient (Wildman–Crippen LogP) is 5.54. The summed E-state index contributed by atoms with van der Waals surface area (Å²) < 4.78 is 7.12. The van der Waals surface area contributed by atoms with Gasteiger partial charge in [0.25, 0.3) is 0 Å². The average molecular weight is 460 g/mol. The summed E-state index contributed by atoms with van der Waals surface area (Å²) in [5.74, 6) is 0.780. The fourth-order valence-corrected chi connectivity index (χ4v) is 4.28. The van der Waals surface area contributed by atoms with Crippen LogP contribution in [0, 0.1) is 0 Å². The second kappa shape index (κ2) is 9.34. The molecule has 1 heterocycles. The smallest absolute Gasteiger partial charge is 0.206 e. The predicted molar refractivity (Wildman–Crippen MR) is 134 cm³/mol. The number of methoxy groups -OCH3 is 1. The lowest BCUT2D eigenvalue weighted by atomic mass is 10.1. The van der Waals surface area contributed by atoms with E-state index in [0.717, 1.165) is 38.2 Å². The highest BCUT2D eigenvalue weighted by molar-refractivity contribution is 7.07. The minimum absolute atomic E-state index is 0.00198. The van der Waals surface area contributed by atoms with Crippen LogP contribution in [0.2, 0.25) is 0 Å². The number of ether oxygens (including phenoxy) is 1. The highest BCUT2D eigenvalue weighted by Gasteiger charge is 2.12. The average Bonchev–Trinajstić information content (AvgIpc) is 3.19. The first kappa shape index (κ1) is 22.4. The number of aromatic nitrogens is 1. The Morgan fingerprint density at radius 3 is 2.52 bits per heavy atom. The molecule has 0 saturated carbocycles. The first-order chi connectivity index (χ1) is 15.9. The minimum atomic E-state index is -0.0336. The molecule has 4 rings (SSSR count). The summed E-state index contributed by atoms with van der Waals surface area (Å²) in [6.07, 6.45) is 0. The zero-order valence-corrected chi connectivity index (χ0v) is 19.6. The van der Waals surface area contributed by atoms with E-state index in [1.54, 1.807) is 17.9 Å². The van der Waals surface area contributed by atoms with Crippen LogP contribution in [0.15, 0.2) is 82.2 Å². The number of hydrogen-bond donors (Lipinski definition) is 2. The number of phenols is 2. The molecule has 0 bridgehead atoms. The lowest BCUT2D eigenvalue weighted by Gasteiger charge is -2.09. The minimum Gasteiger partial charge on any atom is -0.508 e. The Morgan fingerprint density at radius 2 is 1.79 bits per heavy atom. The normalized spacial score (nSPS) is 12.3. The summed E-state index contributed by atoms with van der Waals surface area (Å²) in [6.45, 7) is 8.19. The Balaban J connectivity index is 1.86. The van der Waals surface area contributed by atoms with E-state index < -0.39 is 0 Å². The van der Waals surface area contributed by atoms with Gasteiger partial charge in [-0.05, 0) is 55.0 Å². The molecule has 0 amide bonds. The monoisotopic (exact) mass is 459 g/mol. The second-order valence-corrected chi connectivity index (χ2v) is 8.64. The number of rotatable bonds is 6. The molecule has 0 fully saturated rings. The molecule has 0 aliphatic rings. The first-order valence-corrected chi connectivity index (χ1v) is 11.2. The largest absolute Gasteiger partial charge is 0.508 e. The molecule has 4 aromatic rings. The lowest BCUT2D eigenvalue weighted by molar-refractivity contribution is 0.415. The van der Waals surface area contributed by atoms with Gasteiger partial charge >= 0.3 is 0 Å². The third kappa shape index (κ3) is 4.83. The van der Waals surface area contributed by atoms with Gasteiger partial charge < -0.3 is 14.9 Å². The molecule has 0 atom stereocenters. The van der Waals surface area contributed by atoms with Crippen molar-refractivity contribution >= 4 is 27.8 Å². The van der Waals surface area contributed by atoms with Crippen molar-refractivity contribution < 1.29 is 14.9 Å². The van der Waals surface area contributed by atoms with Crippen molar-refractivity contribution in [3.8, 4) is 28.5 Å². The third-order valence-electron chi connectivity index (χ3n) is 5.13. The Bertz CT molecular complexity index is 1450. The van der Waals surface area contributed by atoms with Crippen LogP contribution in [-0.2, 0) is 0 Å². The van der Waals surface area contributed by atoms with Gasteiger partial charge in [-0.2, -0.15) is 5.10 Å². The summed E-state index contributed by atoms with van der Waals surface area (Å²) in [5.41, 5.74) is 3.96. The molecule has 6 nitrogen and oxygen atoms in total. The zero-order valence-electron chi connectivity index (χ0n) is 18.7. The maximum absolute atomic E-state index is 10.3. The van der Waals surface area contributed by atoms with Crippen LogP contribution in [0.1, 0.15) is 19.4 Å². The van der Waals surface area contributed by atoms with E-state index in [1.807, 2.05) is 43.5 Å². The Labute approximate surface area is 196 Å². The molecule has 0 aliphatic carbocycles. The number of hydrogen-bond acceptors (Lipinski definition) is 6. The molecule has 2 N–H and O–H groups in total. The van der Waals surface area contributed by atoms with Crippen molar-refractivity contribution in [2.45, 2.75) is 13.8 Å². The topological polar surface area (TPSA) is 79.3 Å². The molecule has 3 aromatic carbocycles. The van der Waals surface area contributed by atoms with Crippen LogP contribution in [0.3, 0.4) is 0 Å².